The molecule has 0 spiro atoms. The largest absolute Gasteiger partial charge is 0.456 e. The van der Waals surface area contributed by atoms with Crippen LogP contribution >= 0.6 is 0 Å². The van der Waals surface area contributed by atoms with E-state index in [0.717, 1.165) is 22.3 Å². The van der Waals surface area contributed by atoms with Crippen molar-refractivity contribution in [1.82, 2.24) is 0 Å². The van der Waals surface area contributed by atoms with Crippen LogP contribution in [0.25, 0.3) is 88.0 Å². The summed E-state index contributed by atoms with van der Waals surface area (Å²) in [6.07, 6.45) is 0. The van der Waals surface area contributed by atoms with Crippen molar-refractivity contribution < 1.29 is 4.42 Å². The molecule has 0 unspecified atom stereocenters. The zero-order chi connectivity index (χ0) is 29.7. The molecule has 1 aromatic heterocycles. The van der Waals surface area contributed by atoms with Gasteiger partial charge in [-0.25, -0.2) is 0 Å². The van der Waals surface area contributed by atoms with Crippen LogP contribution in [0.4, 0.5) is 0 Å². The molecule has 1 heteroatoms. The zero-order valence-corrected chi connectivity index (χ0v) is 24.6. The third kappa shape index (κ3) is 4.24. The van der Waals surface area contributed by atoms with Gasteiger partial charge < -0.3 is 4.42 Å². The van der Waals surface area contributed by atoms with E-state index in [2.05, 4.69) is 152 Å². The minimum atomic E-state index is 0.889. The van der Waals surface area contributed by atoms with Gasteiger partial charge in [-0.1, -0.05) is 152 Å². The third-order valence-corrected chi connectivity index (χ3v) is 9.07. The second-order valence-corrected chi connectivity index (χ2v) is 11.7. The summed E-state index contributed by atoms with van der Waals surface area (Å²) in [5, 5.41) is 8.64. The van der Waals surface area contributed by atoms with Crippen molar-refractivity contribution in [3.8, 4) is 44.7 Å². The Hall–Kier alpha value is -5.92. The summed E-state index contributed by atoms with van der Waals surface area (Å²) in [4.78, 5) is 0. The highest BCUT2D eigenvalue weighted by molar-refractivity contribution is 6.21. The predicted octanol–water partition coefficient (Wildman–Crippen LogP) is 12.6. The van der Waals surface area contributed by atoms with Crippen molar-refractivity contribution in [2.45, 2.75) is 0 Å². The lowest BCUT2D eigenvalue weighted by Gasteiger charge is -2.18. The Morgan fingerprint density at radius 1 is 0.311 bits per heavy atom. The average Bonchev–Trinajstić information content (AvgIpc) is 3.55. The van der Waals surface area contributed by atoms with Gasteiger partial charge in [0.15, 0.2) is 0 Å². The minimum Gasteiger partial charge on any atom is -0.456 e. The van der Waals surface area contributed by atoms with E-state index in [4.69, 9.17) is 4.42 Å². The second-order valence-electron chi connectivity index (χ2n) is 11.7. The van der Waals surface area contributed by atoms with Gasteiger partial charge in [0.1, 0.15) is 11.3 Å². The van der Waals surface area contributed by atoms with E-state index in [1.807, 2.05) is 18.2 Å². The van der Waals surface area contributed by atoms with Crippen molar-refractivity contribution in [3.05, 3.63) is 170 Å². The highest BCUT2D eigenvalue weighted by Crippen LogP contribution is 2.45. The van der Waals surface area contributed by atoms with Crippen LogP contribution in [-0.4, -0.2) is 0 Å². The fourth-order valence-corrected chi connectivity index (χ4v) is 6.99. The molecule has 0 aliphatic rings. The van der Waals surface area contributed by atoms with Crippen molar-refractivity contribution in [2.24, 2.45) is 0 Å². The van der Waals surface area contributed by atoms with E-state index in [1.165, 1.54) is 65.7 Å². The topological polar surface area (TPSA) is 13.1 Å². The van der Waals surface area contributed by atoms with Crippen LogP contribution in [0.15, 0.2) is 174 Å². The average molecular weight is 573 g/mol. The van der Waals surface area contributed by atoms with E-state index in [1.54, 1.807) is 0 Å². The lowest BCUT2D eigenvalue weighted by atomic mass is 9.85. The maximum Gasteiger partial charge on any atom is 0.135 e. The minimum absolute atomic E-state index is 0.889. The summed E-state index contributed by atoms with van der Waals surface area (Å²) in [6, 6.07) is 61.0. The number of hydrogen-bond acceptors (Lipinski definition) is 1. The summed E-state index contributed by atoms with van der Waals surface area (Å²) in [6.45, 7) is 0. The number of hydrogen-bond donors (Lipinski definition) is 0. The molecule has 210 valence electrons. The smallest absolute Gasteiger partial charge is 0.135 e. The Morgan fingerprint density at radius 3 is 1.53 bits per heavy atom. The molecule has 0 saturated heterocycles. The summed E-state index contributed by atoms with van der Waals surface area (Å²) >= 11 is 0. The van der Waals surface area contributed by atoms with Gasteiger partial charge in [0.05, 0.1) is 0 Å². The van der Waals surface area contributed by atoms with Gasteiger partial charge in [-0.15, -0.1) is 0 Å². The van der Waals surface area contributed by atoms with Gasteiger partial charge in [0.25, 0.3) is 0 Å². The van der Waals surface area contributed by atoms with Crippen LogP contribution in [0.1, 0.15) is 0 Å². The molecule has 45 heavy (non-hydrogen) atoms. The molecule has 0 aliphatic heterocycles. The Morgan fingerprint density at radius 2 is 0.844 bits per heavy atom. The first-order valence-electron chi connectivity index (χ1n) is 15.4. The van der Waals surface area contributed by atoms with Gasteiger partial charge in [-0.3, -0.25) is 0 Å². The van der Waals surface area contributed by atoms with E-state index in [9.17, 15) is 0 Å². The summed E-state index contributed by atoms with van der Waals surface area (Å²) in [7, 11) is 0. The lowest BCUT2D eigenvalue weighted by Crippen LogP contribution is -1.91. The summed E-state index contributed by atoms with van der Waals surface area (Å²) < 4.78 is 6.26. The maximum absolute atomic E-state index is 6.26. The first-order valence-corrected chi connectivity index (χ1v) is 15.4. The first-order chi connectivity index (χ1) is 22.3. The second kappa shape index (κ2) is 10.4. The zero-order valence-electron chi connectivity index (χ0n) is 24.6. The molecule has 0 radical (unpaired) electrons. The highest BCUT2D eigenvalue weighted by Gasteiger charge is 2.17. The predicted molar refractivity (Wildman–Crippen MR) is 190 cm³/mol. The normalized spacial score (nSPS) is 11.6. The van der Waals surface area contributed by atoms with Gasteiger partial charge in [0, 0.05) is 10.9 Å². The molecule has 9 aromatic rings. The number of benzene rings is 8. The molecule has 0 N–H and O–H groups in total. The van der Waals surface area contributed by atoms with Gasteiger partial charge in [-0.05, 0) is 83.9 Å². The van der Waals surface area contributed by atoms with Crippen molar-refractivity contribution in [3.63, 3.8) is 0 Å². The lowest BCUT2D eigenvalue weighted by molar-refractivity contribution is 0.631. The Kier molecular flexibility index (Phi) is 5.89. The van der Waals surface area contributed by atoms with Crippen LogP contribution in [0.3, 0.4) is 0 Å². The maximum atomic E-state index is 6.26. The molecular formula is C44H28O. The van der Waals surface area contributed by atoms with Gasteiger partial charge in [0.2, 0.25) is 0 Å². The monoisotopic (exact) mass is 572 g/mol. The third-order valence-electron chi connectivity index (χ3n) is 9.07. The fraction of sp³-hybridized carbons (Fsp3) is 0. The van der Waals surface area contributed by atoms with Crippen LogP contribution in [0.2, 0.25) is 0 Å². The number of fused-ring (bicyclic) bond motifs is 4. The van der Waals surface area contributed by atoms with Crippen molar-refractivity contribution >= 4 is 43.3 Å². The Balaban J connectivity index is 1.22. The van der Waals surface area contributed by atoms with Crippen LogP contribution in [-0.2, 0) is 0 Å². The first kappa shape index (κ1) is 25.6. The van der Waals surface area contributed by atoms with E-state index < -0.39 is 0 Å². The quantitative estimate of drug-likeness (QED) is 0.191. The molecular weight excluding hydrogens is 544 g/mol. The summed E-state index contributed by atoms with van der Waals surface area (Å²) in [5.74, 6) is 0.889. The highest BCUT2D eigenvalue weighted by atomic mass is 16.3. The van der Waals surface area contributed by atoms with Gasteiger partial charge >= 0.3 is 0 Å². The molecule has 8 aromatic carbocycles. The summed E-state index contributed by atoms with van der Waals surface area (Å²) in [5.41, 5.74) is 9.39. The van der Waals surface area contributed by atoms with E-state index in [-0.39, 0.29) is 0 Å². The van der Waals surface area contributed by atoms with E-state index >= 15 is 0 Å². The molecule has 0 bridgehead atoms. The van der Waals surface area contributed by atoms with E-state index in [0.29, 0.717) is 0 Å². The Bertz CT molecular complexity index is 2450. The van der Waals surface area contributed by atoms with Crippen LogP contribution < -0.4 is 0 Å². The molecule has 1 heterocycles. The van der Waals surface area contributed by atoms with Crippen LogP contribution in [0, 0.1) is 0 Å². The van der Waals surface area contributed by atoms with Crippen molar-refractivity contribution in [1.29, 1.82) is 0 Å². The molecule has 1 nitrogen and oxygen atoms in total. The molecule has 0 atom stereocenters. The SMILES string of the molecule is c1ccc(-c2cc3cc(-c4c5ccccc5c(-c5ccc(-c6cccc7ccccc67)cc5)c5ccccc45)ccc3o2)cc1. The van der Waals surface area contributed by atoms with Crippen molar-refractivity contribution in [2.75, 3.05) is 0 Å². The number of rotatable bonds is 4. The molecule has 0 fully saturated rings. The Labute approximate surface area is 261 Å². The molecule has 0 saturated carbocycles. The standard InChI is InChI=1S/C44H28O/c1-2-12-31(13-3-1)42-28-34-27-33(25-26-41(34)45-42)44-39-18-8-6-16-37(39)43(38-17-7-9-19-40(38)44)32-23-21-30(22-24-32)36-20-10-14-29-11-4-5-15-35(29)36/h1-28H. The molecule has 0 amide bonds. The molecule has 0 aliphatic carbocycles. The number of furan rings is 1. The van der Waals surface area contributed by atoms with Crippen LogP contribution in [0.5, 0.6) is 0 Å². The fourth-order valence-electron chi connectivity index (χ4n) is 6.99. The molecule has 9 rings (SSSR count). The van der Waals surface area contributed by atoms with Gasteiger partial charge in [-0.2, -0.15) is 0 Å².